The maximum absolute atomic E-state index is 2.66. The van der Waals surface area contributed by atoms with Crippen molar-refractivity contribution >= 4 is 13.6 Å². The van der Waals surface area contributed by atoms with E-state index in [9.17, 15) is 0 Å². The van der Waals surface area contributed by atoms with Crippen molar-refractivity contribution in [1.29, 1.82) is 0 Å². The second kappa shape index (κ2) is 6.56. The van der Waals surface area contributed by atoms with Crippen LogP contribution in [0.15, 0.2) is 17.8 Å². The molecule has 0 aromatic heterocycles. The molecule has 0 heterocycles. The Morgan fingerprint density at radius 1 is 0.947 bits per heavy atom. The lowest BCUT2D eigenvalue weighted by atomic mass is 9.95. The molecule has 0 atom stereocenters. The topological polar surface area (TPSA) is 0 Å². The predicted molar refractivity (Wildman–Crippen MR) is 91.5 cm³/mol. The van der Waals surface area contributed by atoms with Gasteiger partial charge in [-0.2, -0.15) is 0 Å². The highest BCUT2D eigenvalue weighted by molar-refractivity contribution is 6.85. The smallest absolute Gasteiger partial charge is 0.0773 e. The SMILES string of the molecule is CC[Si](/C=C(\C)c1c(C)cc(C)cc1C)(CC)CC. The number of benzene rings is 1. The van der Waals surface area contributed by atoms with E-state index in [1.807, 2.05) is 0 Å². The van der Waals surface area contributed by atoms with Gasteiger partial charge in [-0.1, -0.05) is 67.9 Å². The van der Waals surface area contributed by atoms with Gasteiger partial charge in [-0.05, 0) is 44.4 Å². The van der Waals surface area contributed by atoms with Crippen LogP contribution < -0.4 is 0 Å². The summed E-state index contributed by atoms with van der Waals surface area (Å²) in [6, 6.07) is 8.71. The van der Waals surface area contributed by atoms with E-state index in [0.29, 0.717) is 0 Å². The van der Waals surface area contributed by atoms with Crippen LogP contribution in [0.25, 0.3) is 5.57 Å². The summed E-state index contributed by atoms with van der Waals surface area (Å²) in [5, 5.41) is 0. The minimum absolute atomic E-state index is 1.18. The highest BCUT2D eigenvalue weighted by atomic mass is 28.3. The summed E-state index contributed by atoms with van der Waals surface area (Å²) >= 11 is 0. The molecule has 1 heteroatoms. The zero-order valence-electron chi connectivity index (χ0n) is 13.9. The van der Waals surface area contributed by atoms with Crippen molar-refractivity contribution in [2.75, 3.05) is 0 Å². The molecule has 1 aromatic rings. The predicted octanol–water partition coefficient (Wildman–Crippen LogP) is 6.06. The fourth-order valence-electron chi connectivity index (χ4n) is 3.39. The monoisotopic (exact) mass is 274 g/mol. The Morgan fingerprint density at radius 2 is 1.37 bits per heavy atom. The van der Waals surface area contributed by atoms with Crippen molar-refractivity contribution in [3.05, 3.63) is 40.1 Å². The maximum Gasteiger partial charge on any atom is 0.0773 e. The minimum Gasteiger partial charge on any atom is -0.0908 e. The number of aryl methyl sites for hydroxylation is 3. The quantitative estimate of drug-likeness (QED) is 0.572. The lowest BCUT2D eigenvalue weighted by molar-refractivity contribution is 1.19. The number of hydrogen-bond donors (Lipinski definition) is 0. The first-order chi connectivity index (χ1) is 8.89. The third-order valence-electron chi connectivity index (χ3n) is 4.71. The van der Waals surface area contributed by atoms with Gasteiger partial charge < -0.3 is 0 Å². The fraction of sp³-hybridized carbons (Fsp3) is 0.556. The molecular formula is C18H30Si. The number of allylic oxidation sites excluding steroid dienone is 1. The van der Waals surface area contributed by atoms with Crippen LogP contribution in [0, 0.1) is 20.8 Å². The van der Waals surface area contributed by atoms with Gasteiger partial charge in [0.25, 0.3) is 0 Å². The lowest BCUT2D eigenvalue weighted by Gasteiger charge is -2.26. The van der Waals surface area contributed by atoms with Crippen LogP contribution in [-0.2, 0) is 0 Å². The van der Waals surface area contributed by atoms with E-state index in [1.54, 1.807) is 0 Å². The summed E-state index contributed by atoms with van der Waals surface area (Å²) in [4.78, 5) is 0. The fourth-order valence-corrected chi connectivity index (χ4v) is 6.56. The molecule has 0 nitrogen and oxygen atoms in total. The van der Waals surface area contributed by atoms with Gasteiger partial charge in [-0.15, -0.1) is 0 Å². The highest BCUT2D eigenvalue weighted by Crippen LogP contribution is 2.30. The molecule has 0 bridgehead atoms. The lowest BCUT2D eigenvalue weighted by Crippen LogP contribution is -2.29. The minimum atomic E-state index is -1.18. The van der Waals surface area contributed by atoms with E-state index in [4.69, 9.17) is 0 Å². The van der Waals surface area contributed by atoms with Gasteiger partial charge in [-0.3, -0.25) is 0 Å². The van der Waals surface area contributed by atoms with Crippen molar-refractivity contribution < 1.29 is 0 Å². The van der Waals surface area contributed by atoms with Crippen LogP contribution in [0.5, 0.6) is 0 Å². The van der Waals surface area contributed by atoms with E-state index in [-0.39, 0.29) is 0 Å². The van der Waals surface area contributed by atoms with E-state index in [0.717, 1.165) is 0 Å². The summed E-state index contributed by atoms with van der Waals surface area (Å²) in [7, 11) is -1.18. The molecule has 1 aromatic carbocycles. The summed E-state index contributed by atoms with van der Waals surface area (Å²) in [5.41, 5.74) is 9.88. The first-order valence-corrected chi connectivity index (χ1v) is 10.4. The van der Waals surface area contributed by atoms with Gasteiger partial charge in [0.2, 0.25) is 0 Å². The standard InChI is InChI=1S/C18H30Si/c1-8-19(9-2,10-3)13-17(7)18-15(5)11-14(4)12-16(18)6/h11-13H,8-10H2,1-7H3/b17-13+. The van der Waals surface area contributed by atoms with E-state index in [2.05, 4.69) is 66.3 Å². The Kier molecular flexibility index (Phi) is 5.60. The number of rotatable bonds is 5. The van der Waals surface area contributed by atoms with Crippen molar-refractivity contribution in [3.63, 3.8) is 0 Å². The van der Waals surface area contributed by atoms with Gasteiger partial charge in [0.1, 0.15) is 0 Å². The first-order valence-electron chi connectivity index (χ1n) is 7.66. The van der Waals surface area contributed by atoms with Crippen molar-refractivity contribution in [1.82, 2.24) is 0 Å². The summed E-state index contributed by atoms with van der Waals surface area (Å²) in [5.74, 6) is 0. The molecule has 0 N–H and O–H groups in total. The van der Waals surface area contributed by atoms with Crippen LogP contribution in [0.3, 0.4) is 0 Å². The Morgan fingerprint density at radius 3 is 1.74 bits per heavy atom. The summed E-state index contributed by atoms with van der Waals surface area (Å²) in [6.07, 6.45) is 0. The largest absolute Gasteiger partial charge is 0.0908 e. The first kappa shape index (κ1) is 16.2. The van der Waals surface area contributed by atoms with E-state index in [1.165, 1.54) is 46.0 Å². The molecule has 0 amide bonds. The average Bonchev–Trinajstić information content (AvgIpc) is 2.35. The molecule has 0 radical (unpaired) electrons. The third-order valence-corrected chi connectivity index (χ3v) is 9.98. The van der Waals surface area contributed by atoms with Crippen LogP contribution in [-0.4, -0.2) is 8.07 Å². The molecule has 0 saturated carbocycles. The molecule has 0 spiro atoms. The Hall–Kier alpha value is -0.823. The maximum atomic E-state index is 2.66. The Balaban J connectivity index is 3.30. The van der Waals surface area contributed by atoms with E-state index >= 15 is 0 Å². The molecule has 0 fully saturated rings. The second-order valence-corrected chi connectivity index (χ2v) is 11.2. The number of hydrogen-bond acceptors (Lipinski definition) is 0. The summed E-state index contributed by atoms with van der Waals surface area (Å²) < 4.78 is 0. The van der Waals surface area contributed by atoms with Crippen LogP contribution in [0.4, 0.5) is 0 Å². The third kappa shape index (κ3) is 3.59. The van der Waals surface area contributed by atoms with Gasteiger partial charge in [0, 0.05) is 0 Å². The van der Waals surface area contributed by atoms with Crippen molar-refractivity contribution in [2.45, 2.75) is 66.6 Å². The average molecular weight is 275 g/mol. The van der Waals surface area contributed by atoms with Gasteiger partial charge >= 0.3 is 0 Å². The van der Waals surface area contributed by atoms with Crippen molar-refractivity contribution in [3.8, 4) is 0 Å². The molecule has 0 aliphatic rings. The normalized spacial score (nSPS) is 12.9. The molecule has 0 unspecified atom stereocenters. The van der Waals surface area contributed by atoms with Gasteiger partial charge in [-0.25, -0.2) is 0 Å². The van der Waals surface area contributed by atoms with Crippen LogP contribution in [0.2, 0.25) is 18.1 Å². The summed E-state index contributed by atoms with van der Waals surface area (Å²) in [6.45, 7) is 16.1. The van der Waals surface area contributed by atoms with Gasteiger partial charge in [0.05, 0.1) is 8.07 Å². The molecule has 0 aliphatic heterocycles. The molecule has 1 rings (SSSR count). The van der Waals surface area contributed by atoms with Crippen LogP contribution >= 0.6 is 0 Å². The second-order valence-electron chi connectivity index (χ2n) is 6.02. The molecular weight excluding hydrogens is 244 g/mol. The van der Waals surface area contributed by atoms with E-state index < -0.39 is 8.07 Å². The van der Waals surface area contributed by atoms with Gasteiger partial charge in [0.15, 0.2) is 0 Å². The zero-order valence-corrected chi connectivity index (χ0v) is 14.9. The molecule has 0 aliphatic carbocycles. The Labute approximate surface area is 121 Å². The Bertz CT molecular complexity index is 433. The molecule has 0 saturated heterocycles. The van der Waals surface area contributed by atoms with Crippen LogP contribution in [0.1, 0.15) is 49.9 Å². The molecule has 19 heavy (non-hydrogen) atoms. The van der Waals surface area contributed by atoms with Crippen molar-refractivity contribution in [2.24, 2.45) is 0 Å². The zero-order chi connectivity index (χ0) is 14.6. The molecule has 106 valence electrons. The highest BCUT2D eigenvalue weighted by Gasteiger charge is 2.24.